The molecule has 0 unspecified atom stereocenters. The summed E-state index contributed by atoms with van der Waals surface area (Å²) < 4.78 is 1.49. The van der Waals surface area contributed by atoms with Gasteiger partial charge in [0.15, 0.2) is 0 Å². The lowest BCUT2D eigenvalue weighted by atomic mass is 10.1. The highest BCUT2D eigenvalue weighted by Crippen LogP contribution is 2.09. The predicted octanol–water partition coefficient (Wildman–Crippen LogP) is 1.89. The molecule has 0 aliphatic rings. The first-order valence-corrected chi connectivity index (χ1v) is 8.02. The Hall–Kier alpha value is -2.89. The lowest BCUT2D eigenvalue weighted by molar-refractivity contribution is 0.577. The highest BCUT2D eigenvalue weighted by atomic mass is 16.1. The van der Waals surface area contributed by atoms with Crippen molar-refractivity contribution < 1.29 is 0 Å². The number of aromatic amines is 1. The van der Waals surface area contributed by atoms with Crippen molar-refractivity contribution >= 4 is 5.69 Å². The van der Waals surface area contributed by atoms with E-state index in [9.17, 15) is 4.79 Å². The lowest BCUT2D eigenvalue weighted by Gasteiger charge is -2.19. The molecule has 0 aliphatic heterocycles. The van der Waals surface area contributed by atoms with E-state index in [0.29, 0.717) is 6.54 Å². The first kappa shape index (κ1) is 16.0. The van der Waals surface area contributed by atoms with Crippen molar-refractivity contribution in [2.24, 2.45) is 0 Å². The Morgan fingerprint density at radius 3 is 2.67 bits per heavy atom. The summed E-state index contributed by atoms with van der Waals surface area (Å²) in [6.07, 6.45) is 7.00. The molecule has 0 spiro atoms. The van der Waals surface area contributed by atoms with Crippen molar-refractivity contribution in [3.05, 3.63) is 76.5 Å². The van der Waals surface area contributed by atoms with Gasteiger partial charge >= 0.3 is 0 Å². The van der Waals surface area contributed by atoms with Crippen molar-refractivity contribution in [2.75, 3.05) is 18.5 Å². The predicted molar refractivity (Wildman–Crippen MR) is 94.2 cm³/mol. The summed E-state index contributed by atoms with van der Waals surface area (Å²) in [5.41, 5.74) is 3.11. The number of rotatable bonds is 7. The summed E-state index contributed by atoms with van der Waals surface area (Å²) in [6.45, 7) is 1.39. The molecule has 3 aromatic rings. The molecule has 24 heavy (non-hydrogen) atoms. The normalized spacial score (nSPS) is 10.7. The van der Waals surface area contributed by atoms with E-state index >= 15 is 0 Å². The molecule has 0 saturated heterocycles. The molecule has 2 heterocycles. The van der Waals surface area contributed by atoms with Gasteiger partial charge in [0, 0.05) is 32.4 Å². The fraction of sp³-hybridized carbons (Fsp3) is 0.278. The van der Waals surface area contributed by atoms with E-state index in [4.69, 9.17) is 0 Å². The maximum Gasteiger partial charge on any atom is 0.268 e. The van der Waals surface area contributed by atoms with Crippen LogP contribution in [0.5, 0.6) is 0 Å². The van der Waals surface area contributed by atoms with Gasteiger partial charge in [-0.1, -0.05) is 30.3 Å². The number of aromatic nitrogens is 4. The number of H-pyrrole nitrogens is 1. The van der Waals surface area contributed by atoms with E-state index in [-0.39, 0.29) is 5.56 Å². The van der Waals surface area contributed by atoms with E-state index in [1.807, 2.05) is 31.4 Å². The van der Waals surface area contributed by atoms with Gasteiger partial charge in [0.25, 0.3) is 5.56 Å². The second-order valence-corrected chi connectivity index (χ2v) is 5.79. The average Bonchev–Trinajstić information content (AvgIpc) is 3.13. The minimum Gasteiger partial charge on any atom is -0.373 e. The number of nitrogens with one attached hydrogen (secondary N) is 1. The number of benzene rings is 1. The van der Waals surface area contributed by atoms with Gasteiger partial charge in [-0.3, -0.25) is 9.89 Å². The van der Waals surface area contributed by atoms with Gasteiger partial charge in [0.1, 0.15) is 0 Å². The number of nitrogens with zero attached hydrogens (tertiary/aromatic N) is 4. The third-order valence-corrected chi connectivity index (χ3v) is 4.04. The molecular formula is C18H21N5O. The SMILES string of the molecule is CN(CCc1ccccc1)c1cnn(CCc2cn[nH]c2)c(=O)c1. The van der Waals surface area contributed by atoms with Gasteiger partial charge < -0.3 is 4.90 Å². The van der Waals surface area contributed by atoms with Gasteiger partial charge in [0.05, 0.1) is 18.1 Å². The monoisotopic (exact) mass is 323 g/mol. The van der Waals surface area contributed by atoms with Gasteiger partial charge in [-0.05, 0) is 24.0 Å². The zero-order valence-corrected chi connectivity index (χ0v) is 13.7. The van der Waals surface area contributed by atoms with Crippen molar-refractivity contribution in [2.45, 2.75) is 19.4 Å². The second-order valence-electron chi connectivity index (χ2n) is 5.79. The molecule has 124 valence electrons. The van der Waals surface area contributed by atoms with Crippen LogP contribution in [-0.4, -0.2) is 33.6 Å². The average molecular weight is 323 g/mol. The molecule has 1 N–H and O–H groups in total. The minimum atomic E-state index is -0.0810. The van der Waals surface area contributed by atoms with E-state index in [2.05, 4.69) is 32.3 Å². The van der Waals surface area contributed by atoms with Gasteiger partial charge in [0.2, 0.25) is 0 Å². The fourth-order valence-corrected chi connectivity index (χ4v) is 2.52. The summed E-state index contributed by atoms with van der Waals surface area (Å²) in [5, 5.41) is 11.0. The fourth-order valence-electron chi connectivity index (χ4n) is 2.52. The highest BCUT2D eigenvalue weighted by Gasteiger charge is 2.06. The van der Waals surface area contributed by atoms with Crippen LogP contribution in [-0.2, 0) is 19.4 Å². The summed E-state index contributed by atoms with van der Waals surface area (Å²) in [6, 6.07) is 12.0. The summed E-state index contributed by atoms with van der Waals surface area (Å²) in [5.74, 6) is 0. The van der Waals surface area contributed by atoms with Crippen molar-refractivity contribution in [1.82, 2.24) is 20.0 Å². The van der Waals surface area contributed by atoms with Gasteiger partial charge in [-0.2, -0.15) is 10.2 Å². The Labute approximate surface area is 140 Å². The molecule has 0 bridgehead atoms. The third-order valence-electron chi connectivity index (χ3n) is 4.04. The zero-order valence-electron chi connectivity index (χ0n) is 13.7. The molecule has 3 rings (SSSR count). The smallest absolute Gasteiger partial charge is 0.268 e. The maximum absolute atomic E-state index is 12.2. The topological polar surface area (TPSA) is 66.8 Å². The molecular weight excluding hydrogens is 302 g/mol. The summed E-state index contributed by atoms with van der Waals surface area (Å²) in [4.78, 5) is 14.3. The van der Waals surface area contributed by atoms with Gasteiger partial charge in [-0.15, -0.1) is 0 Å². The molecule has 0 fully saturated rings. The van der Waals surface area contributed by atoms with Crippen molar-refractivity contribution in [1.29, 1.82) is 0 Å². The van der Waals surface area contributed by atoms with Crippen LogP contribution in [0.1, 0.15) is 11.1 Å². The minimum absolute atomic E-state index is 0.0810. The molecule has 1 aromatic carbocycles. The van der Waals surface area contributed by atoms with Crippen LogP contribution >= 0.6 is 0 Å². The lowest BCUT2D eigenvalue weighted by Crippen LogP contribution is -2.27. The number of anilines is 1. The van der Waals surface area contributed by atoms with Gasteiger partial charge in [-0.25, -0.2) is 4.68 Å². The van der Waals surface area contributed by atoms with Crippen LogP contribution in [0.25, 0.3) is 0 Å². The Morgan fingerprint density at radius 2 is 1.96 bits per heavy atom. The summed E-state index contributed by atoms with van der Waals surface area (Å²) >= 11 is 0. The Morgan fingerprint density at radius 1 is 1.12 bits per heavy atom. The molecule has 0 atom stereocenters. The first-order valence-electron chi connectivity index (χ1n) is 8.02. The number of likely N-dealkylation sites (N-methyl/N-ethyl adjacent to an activating group) is 1. The standard InChI is InChI=1S/C18H21N5O/c1-22(9-7-15-5-3-2-4-6-15)17-11-18(24)23(21-14-17)10-8-16-12-19-20-13-16/h2-6,11-14H,7-10H2,1H3,(H,19,20). The Balaban J connectivity index is 1.60. The van der Waals surface area contributed by atoms with Crippen LogP contribution in [0, 0.1) is 0 Å². The highest BCUT2D eigenvalue weighted by molar-refractivity contribution is 5.42. The molecule has 0 saturated carbocycles. The Kier molecular flexibility index (Phi) is 5.05. The molecule has 2 aromatic heterocycles. The summed E-state index contributed by atoms with van der Waals surface area (Å²) in [7, 11) is 1.98. The molecule has 0 aliphatic carbocycles. The number of hydrogen-bond acceptors (Lipinski definition) is 4. The molecule has 6 nitrogen and oxygen atoms in total. The molecule has 6 heteroatoms. The van der Waals surface area contributed by atoms with Crippen LogP contribution in [0.3, 0.4) is 0 Å². The number of aryl methyl sites for hydroxylation is 2. The van der Waals surface area contributed by atoms with Crippen LogP contribution in [0.15, 0.2) is 59.8 Å². The quantitative estimate of drug-likeness (QED) is 0.721. The van der Waals surface area contributed by atoms with E-state index < -0.39 is 0 Å². The van der Waals surface area contributed by atoms with Crippen molar-refractivity contribution in [3.63, 3.8) is 0 Å². The van der Waals surface area contributed by atoms with E-state index in [1.165, 1.54) is 10.2 Å². The maximum atomic E-state index is 12.2. The second kappa shape index (κ2) is 7.59. The molecule has 0 radical (unpaired) electrons. The zero-order chi connectivity index (χ0) is 16.8. The van der Waals surface area contributed by atoms with Crippen LogP contribution in [0.4, 0.5) is 5.69 Å². The number of hydrogen-bond donors (Lipinski definition) is 1. The van der Waals surface area contributed by atoms with Crippen LogP contribution in [0.2, 0.25) is 0 Å². The van der Waals surface area contributed by atoms with Crippen LogP contribution < -0.4 is 10.5 Å². The van der Waals surface area contributed by atoms with E-state index in [1.54, 1.807) is 18.5 Å². The Bertz CT molecular complexity index is 811. The van der Waals surface area contributed by atoms with Crippen molar-refractivity contribution in [3.8, 4) is 0 Å². The molecule has 0 amide bonds. The van der Waals surface area contributed by atoms with E-state index in [0.717, 1.165) is 30.6 Å². The largest absolute Gasteiger partial charge is 0.373 e. The first-order chi connectivity index (χ1) is 11.7. The third kappa shape index (κ3) is 4.10.